The molecule has 0 unspecified atom stereocenters. The van der Waals surface area contributed by atoms with Crippen LogP contribution in [0.1, 0.15) is 24.8 Å². The Morgan fingerprint density at radius 1 is 1.19 bits per heavy atom. The van der Waals surface area contributed by atoms with Crippen LogP contribution >= 0.6 is 11.6 Å². The molecule has 1 aromatic carbocycles. The Kier molecular flexibility index (Phi) is 3.85. The van der Waals surface area contributed by atoms with Gasteiger partial charge in [0.15, 0.2) is 0 Å². The van der Waals surface area contributed by atoms with Crippen LogP contribution in [-0.4, -0.2) is 24.8 Å². The van der Waals surface area contributed by atoms with Crippen molar-refractivity contribution in [3.05, 3.63) is 34.9 Å². The van der Waals surface area contributed by atoms with Gasteiger partial charge in [0, 0.05) is 11.6 Å². The zero-order chi connectivity index (χ0) is 11.4. The Bertz CT molecular complexity index is 325. The Hall–Kier alpha value is -0.570. The van der Waals surface area contributed by atoms with Crippen LogP contribution in [0, 0.1) is 0 Å². The number of benzene rings is 1. The molecular weight excluding hydrogens is 222 g/mol. The van der Waals surface area contributed by atoms with Gasteiger partial charge in [-0.3, -0.25) is 0 Å². The molecule has 0 saturated carbocycles. The van der Waals surface area contributed by atoms with Gasteiger partial charge in [0.2, 0.25) is 0 Å². The van der Waals surface area contributed by atoms with Crippen molar-refractivity contribution in [1.82, 2.24) is 5.32 Å². The van der Waals surface area contributed by atoms with Gasteiger partial charge in [-0.05, 0) is 55.5 Å². The molecule has 1 aliphatic rings. The van der Waals surface area contributed by atoms with E-state index in [0.717, 1.165) is 37.4 Å². The molecular formula is C13H18ClNO. The van der Waals surface area contributed by atoms with Crippen molar-refractivity contribution in [3.8, 4) is 0 Å². The second-order valence-electron chi connectivity index (χ2n) is 4.51. The van der Waals surface area contributed by atoms with Crippen molar-refractivity contribution >= 4 is 11.6 Å². The van der Waals surface area contributed by atoms with Crippen LogP contribution in [-0.2, 0) is 5.41 Å². The summed E-state index contributed by atoms with van der Waals surface area (Å²) < 4.78 is 0. The molecule has 2 rings (SSSR count). The van der Waals surface area contributed by atoms with Crippen molar-refractivity contribution in [2.45, 2.75) is 24.7 Å². The van der Waals surface area contributed by atoms with Gasteiger partial charge in [-0.15, -0.1) is 0 Å². The maximum atomic E-state index is 9.25. The predicted molar refractivity (Wildman–Crippen MR) is 66.9 cm³/mol. The zero-order valence-corrected chi connectivity index (χ0v) is 10.1. The maximum absolute atomic E-state index is 9.25. The van der Waals surface area contributed by atoms with Crippen LogP contribution in [0.3, 0.4) is 0 Å². The van der Waals surface area contributed by atoms with Crippen molar-refractivity contribution in [3.63, 3.8) is 0 Å². The molecule has 1 aliphatic heterocycles. The van der Waals surface area contributed by atoms with Gasteiger partial charge in [-0.25, -0.2) is 0 Å². The van der Waals surface area contributed by atoms with E-state index in [1.54, 1.807) is 0 Å². The molecule has 1 heterocycles. The fourth-order valence-corrected chi connectivity index (χ4v) is 2.73. The predicted octanol–water partition coefficient (Wildman–Crippen LogP) is 2.34. The van der Waals surface area contributed by atoms with E-state index in [9.17, 15) is 5.11 Å². The number of aliphatic hydroxyl groups is 1. The van der Waals surface area contributed by atoms with Crippen molar-refractivity contribution in [2.24, 2.45) is 0 Å². The number of hydrogen-bond donors (Lipinski definition) is 2. The lowest BCUT2D eigenvalue weighted by molar-refractivity contribution is 0.204. The smallest absolute Gasteiger partial charge is 0.0439 e. The highest BCUT2D eigenvalue weighted by Gasteiger charge is 2.32. The van der Waals surface area contributed by atoms with E-state index < -0.39 is 0 Å². The average molecular weight is 240 g/mol. The largest absolute Gasteiger partial charge is 0.396 e. The first kappa shape index (κ1) is 11.9. The molecule has 0 atom stereocenters. The van der Waals surface area contributed by atoms with Gasteiger partial charge in [0.05, 0.1) is 0 Å². The van der Waals surface area contributed by atoms with Crippen LogP contribution in [0.5, 0.6) is 0 Å². The molecule has 0 bridgehead atoms. The van der Waals surface area contributed by atoms with Gasteiger partial charge in [-0.2, -0.15) is 0 Å². The maximum Gasteiger partial charge on any atom is 0.0439 e. The van der Waals surface area contributed by atoms with Crippen LogP contribution in [0.25, 0.3) is 0 Å². The van der Waals surface area contributed by atoms with E-state index >= 15 is 0 Å². The molecule has 16 heavy (non-hydrogen) atoms. The first-order valence-electron chi connectivity index (χ1n) is 5.84. The second kappa shape index (κ2) is 5.17. The number of hydrogen-bond acceptors (Lipinski definition) is 2. The van der Waals surface area contributed by atoms with E-state index in [0.29, 0.717) is 0 Å². The Balaban J connectivity index is 2.26. The Morgan fingerprint density at radius 3 is 2.38 bits per heavy atom. The van der Waals surface area contributed by atoms with Crippen molar-refractivity contribution in [2.75, 3.05) is 19.7 Å². The summed E-state index contributed by atoms with van der Waals surface area (Å²) in [5.74, 6) is 0. The molecule has 1 fully saturated rings. The molecule has 88 valence electrons. The molecule has 1 saturated heterocycles. The summed E-state index contributed by atoms with van der Waals surface area (Å²) in [6.07, 6.45) is 3.03. The monoisotopic (exact) mass is 239 g/mol. The third-order valence-electron chi connectivity index (χ3n) is 3.61. The first-order chi connectivity index (χ1) is 7.77. The summed E-state index contributed by atoms with van der Waals surface area (Å²) in [7, 11) is 0. The fourth-order valence-electron chi connectivity index (χ4n) is 2.61. The third-order valence-corrected chi connectivity index (χ3v) is 3.86. The number of halogens is 1. The van der Waals surface area contributed by atoms with E-state index in [-0.39, 0.29) is 12.0 Å². The lowest BCUT2D eigenvalue weighted by Gasteiger charge is -2.38. The number of piperidine rings is 1. The zero-order valence-electron chi connectivity index (χ0n) is 9.38. The van der Waals surface area contributed by atoms with Gasteiger partial charge in [-0.1, -0.05) is 23.7 Å². The van der Waals surface area contributed by atoms with Gasteiger partial charge in [0.25, 0.3) is 0 Å². The standard InChI is InChI=1S/C13H18ClNO/c14-12-3-1-11(2-4-12)13(7-10-16)5-8-15-9-6-13/h1-4,15-16H,5-10H2. The molecule has 0 radical (unpaired) electrons. The lowest BCUT2D eigenvalue weighted by Crippen LogP contribution is -2.40. The molecule has 1 aromatic rings. The van der Waals surface area contributed by atoms with Gasteiger partial charge < -0.3 is 10.4 Å². The quantitative estimate of drug-likeness (QED) is 0.849. The summed E-state index contributed by atoms with van der Waals surface area (Å²) in [6.45, 7) is 2.31. The van der Waals surface area contributed by atoms with Crippen LogP contribution < -0.4 is 5.32 Å². The van der Waals surface area contributed by atoms with Crippen LogP contribution in [0.15, 0.2) is 24.3 Å². The summed E-state index contributed by atoms with van der Waals surface area (Å²) in [5.41, 5.74) is 1.46. The first-order valence-corrected chi connectivity index (χ1v) is 6.22. The summed E-state index contributed by atoms with van der Waals surface area (Å²) in [6, 6.07) is 8.09. The number of rotatable bonds is 3. The minimum atomic E-state index is 0.143. The van der Waals surface area contributed by atoms with E-state index in [2.05, 4.69) is 17.4 Å². The lowest BCUT2D eigenvalue weighted by atomic mass is 9.71. The molecule has 0 spiro atoms. The number of nitrogens with one attached hydrogen (secondary N) is 1. The average Bonchev–Trinajstić information content (AvgIpc) is 2.31. The van der Waals surface area contributed by atoms with E-state index in [1.165, 1.54) is 5.56 Å². The van der Waals surface area contributed by atoms with Gasteiger partial charge in [0.1, 0.15) is 0 Å². The minimum Gasteiger partial charge on any atom is -0.396 e. The topological polar surface area (TPSA) is 32.3 Å². The van der Waals surface area contributed by atoms with Crippen LogP contribution in [0.2, 0.25) is 5.02 Å². The highest BCUT2D eigenvalue weighted by atomic mass is 35.5. The van der Waals surface area contributed by atoms with E-state index in [4.69, 9.17) is 11.6 Å². The third kappa shape index (κ3) is 2.40. The summed E-state index contributed by atoms with van der Waals surface area (Å²) in [5, 5.41) is 13.4. The normalized spacial score (nSPS) is 19.6. The van der Waals surface area contributed by atoms with E-state index in [1.807, 2.05) is 12.1 Å². The highest BCUT2D eigenvalue weighted by Crippen LogP contribution is 2.36. The minimum absolute atomic E-state index is 0.143. The van der Waals surface area contributed by atoms with Crippen molar-refractivity contribution < 1.29 is 5.11 Å². The number of aliphatic hydroxyl groups excluding tert-OH is 1. The molecule has 0 aromatic heterocycles. The van der Waals surface area contributed by atoms with Gasteiger partial charge >= 0.3 is 0 Å². The summed E-state index contributed by atoms with van der Waals surface area (Å²) >= 11 is 5.91. The van der Waals surface area contributed by atoms with Crippen molar-refractivity contribution in [1.29, 1.82) is 0 Å². The fraction of sp³-hybridized carbons (Fsp3) is 0.538. The Labute approximate surface area is 102 Å². The molecule has 2 N–H and O–H groups in total. The Morgan fingerprint density at radius 2 is 1.81 bits per heavy atom. The second-order valence-corrected chi connectivity index (χ2v) is 4.95. The SMILES string of the molecule is OCCC1(c2ccc(Cl)cc2)CCNCC1. The molecule has 3 heteroatoms. The summed E-state index contributed by atoms with van der Waals surface area (Å²) in [4.78, 5) is 0. The highest BCUT2D eigenvalue weighted by molar-refractivity contribution is 6.30. The van der Waals surface area contributed by atoms with Crippen LogP contribution in [0.4, 0.5) is 0 Å². The molecule has 0 amide bonds. The molecule has 2 nitrogen and oxygen atoms in total. The molecule has 0 aliphatic carbocycles.